The van der Waals surface area contributed by atoms with E-state index in [-0.39, 0.29) is 0 Å². The van der Waals surface area contributed by atoms with Gasteiger partial charge in [-0.1, -0.05) is 179 Å². The summed E-state index contributed by atoms with van der Waals surface area (Å²) >= 11 is 7.57. The van der Waals surface area contributed by atoms with Gasteiger partial charge in [0.25, 0.3) is 0 Å². The van der Waals surface area contributed by atoms with E-state index in [0.29, 0.717) is 5.92 Å². The van der Waals surface area contributed by atoms with E-state index in [1.165, 1.54) is 166 Å². The van der Waals surface area contributed by atoms with Crippen molar-refractivity contribution in [1.82, 2.24) is 0 Å². The molecule has 0 N–H and O–H groups in total. The van der Waals surface area contributed by atoms with E-state index in [4.69, 9.17) is 0 Å². The number of hydrogen-bond donors (Lipinski definition) is 0. The van der Waals surface area contributed by atoms with Crippen molar-refractivity contribution >= 4 is 31.9 Å². The Bertz CT molecular complexity index is 953. The van der Waals surface area contributed by atoms with E-state index >= 15 is 0 Å². The van der Waals surface area contributed by atoms with Crippen LogP contribution in [0.4, 0.5) is 0 Å². The van der Waals surface area contributed by atoms with E-state index in [9.17, 15) is 0 Å². The summed E-state index contributed by atoms with van der Waals surface area (Å²) in [5, 5.41) is 0. The first-order valence-electron chi connectivity index (χ1n) is 16.9. The number of unbranched alkanes of at least 4 members (excludes halogenated alkanes) is 18. The Morgan fingerprint density at radius 1 is 0.550 bits per heavy atom. The fourth-order valence-corrected chi connectivity index (χ4v) is 7.28. The third-order valence-electron chi connectivity index (χ3n) is 8.84. The number of hydrogen-bond acceptors (Lipinski definition) is 0. The van der Waals surface area contributed by atoms with Crippen LogP contribution in [0.3, 0.4) is 0 Å². The van der Waals surface area contributed by atoms with Crippen LogP contribution in [0.25, 0.3) is 11.1 Å². The predicted octanol–water partition coefficient (Wildman–Crippen LogP) is 14.5. The Morgan fingerprint density at radius 3 is 1.40 bits per heavy atom. The topological polar surface area (TPSA) is 0 Å². The third-order valence-corrected chi connectivity index (χ3v) is 9.83. The minimum absolute atomic E-state index is 0.400. The van der Waals surface area contributed by atoms with E-state index in [1.54, 1.807) is 5.57 Å². The Hall–Kier alpha value is -0.860. The highest BCUT2D eigenvalue weighted by Gasteiger charge is 2.31. The first kappa shape index (κ1) is 33.6. The van der Waals surface area contributed by atoms with Crippen molar-refractivity contribution < 1.29 is 0 Å². The zero-order valence-electron chi connectivity index (χ0n) is 25.7. The van der Waals surface area contributed by atoms with Gasteiger partial charge in [-0.15, -0.1) is 0 Å². The maximum Gasteiger partial charge on any atom is 0.0312 e. The number of rotatable bonds is 22. The van der Waals surface area contributed by atoms with Gasteiger partial charge < -0.3 is 0 Å². The summed E-state index contributed by atoms with van der Waals surface area (Å²) in [4.78, 5) is 0. The van der Waals surface area contributed by atoms with E-state index in [1.807, 2.05) is 0 Å². The molecular formula is C38H56Br2. The molecule has 0 fully saturated rings. The molecule has 0 aromatic heterocycles. The lowest BCUT2D eigenvalue weighted by molar-refractivity contribution is 0.553. The highest BCUT2D eigenvalue weighted by Crippen LogP contribution is 2.50. The molecule has 0 nitrogen and oxygen atoms in total. The average Bonchev–Trinajstić information content (AvgIpc) is 3.26. The molecule has 0 atom stereocenters. The van der Waals surface area contributed by atoms with Crippen LogP contribution >= 0.6 is 31.9 Å². The molecule has 1 aliphatic carbocycles. The maximum absolute atomic E-state index is 3.79. The molecule has 3 rings (SSSR count). The van der Waals surface area contributed by atoms with Gasteiger partial charge in [-0.2, -0.15) is 0 Å². The van der Waals surface area contributed by atoms with E-state index in [0.717, 1.165) is 0 Å². The summed E-state index contributed by atoms with van der Waals surface area (Å²) in [6.45, 7) is 4.61. The standard InChI is InChI=1S/C38H56Br2/c1-3-5-7-9-11-13-15-17-19-21-23-31(24-22-20-18-16-14-12-10-8-6-4-2)38-36-29-32(39)25-27-34(36)35-28-26-33(40)30-37(35)38/h23,25-30,38H,3-22,24H2,1-2H3. The number of halogens is 2. The quantitative estimate of drug-likeness (QED) is 0.0863. The normalized spacial score (nSPS) is 13.2. The zero-order chi connectivity index (χ0) is 28.4. The average molecular weight is 673 g/mol. The SMILES string of the molecule is CCCCCCCCCCCC=C(CCCCCCCCCCCC)C1c2cc(Br)ccc2-c2ccc(Br)cc21. The van der Waals surface area contributed by atoms with Crippen molar-refractivity contribution in [3.8, 4) is 11.1 Å². The molecule has 40 heavy (non-hydrogen) atoms. The van der Waals surface area contributed by atoms with Crippen LogP contribution in [0.2, 0.25) is 0 Å². The molecule has 2 aromatic carbocycles. The molecule has 0 amide bonds. The first-order chi connectivity index (χ1) is 19.7. The van der Waals surface area contributed by atoms with Crippen LogP contribution in [0, 0.1) is 0 Å². The highest BCUT2D eigenvalue weighted by molar-refractivity contribution is 9.10. The van der Waals surface area contributed by atoms with Gasteiger partial charge in [0.15, 0.2) is 0 Å². The molecule has 0 saturated carbocycles. The lowest BCUT2D eigenvalue weighted by atomic mass is 9.85. The summed E-state index contributed by atoms with van der Waals surface area (Å²) in [6.07, 6.45) is 31.7. The minimum atomic E-state index is 0.400. The summed E-state index contributed by atoms with van der Waals surface area (Å²) in [5.74, 6) is 0.400. The Balaban J connectivity index is 1.59. The van der Waals surface area contributed by atoms with Gasteiger partial charge >= 0.3 is 0 Å². The second-order valence-electron chi connectivity index (χ2n) is 12.2. The molecule has 2 heteroatoms. The Labute approximate surface area is 264 Å². The van der Waals surface area contributed by atoms with E-state index < -0.39 is 0 Å². The summed E-state index contributed by atoms with van der Waals surface area (Å²) in [5.41, 5.74) is 7.50. The molecule has 0 saturated heterocycles. The highest BCUT2D eigenvalue weighted by atomic mass is 79.9. The fourth-order valence-electron chi connectivity index (χ4n) is 6.53. The molecular weight excluding hydrogens is 616 g/mol. The van der Waals surface area contributed by atoms with Crippen molar-refractivity contribution in [2.24, 2.45) is 0 Å². The van der Waals surface area contributed by atoms with Gasteiger partial charge in [-0.25, -0.2) is 0 Å². The first-order valence-corrected chi connectivity index (χ1v) is 18.5. The fraction of sp³-hybridized carbons (Fsp3) is 0.632. The molecule has 1 aliphatic rings. The molecule has 0 spiro atoms. The molecule has 0 bridgehead atoms. The smallest absolute Gasteiger partial charge is 0.0312 e. The molecule has 222 valence electrons. The Morgan fingerprint density at radius 2 is 0.950 bits per heavy atom. The van der Waals surface area contributed by atoms with Crippen LogP contribution in [-0.4, -0.2) is 0 Å². The van der Waals surface area contributed by atoms with Crippen molar-refractivity contribution in [2.75, 3.05) is 0 Å². The lowest BCUT2D eigenvalue weighted by Gasteiger charge is -2.19. The third kappa shape index (κ3) is 11.4. The second kappa shape index (κ2) is 20.1. The van der Waals surface area contributed by atoms with Gasteiger partial charge in [-0.05, 0) is 72.2 Å². The van der Waals surface area contributed by atoms with Gasteiger partial charge in [0.2, 0.25) is 0 Å². The minimum Gasteiger partial charge on any atom is -0.0844 e. The predicted molar refractivity (Wildman–Crippen MR) is 186 cm³/mol. The van der Waals surface area contributed by atoms with Gasteiger partial charge in [-0.3, -0.25) is 0 Å². The summed E-state index contributed by atoms with van der Waals surface area (Å²) < 4.78 is 2.39. The zero-order valence-corrected chi connectivity index (χ0v) is 28.9. The van der Waals surface area contributed by atoms with Gasteiger partial charge in [0.1, 0.15) is 0 Å². The molecule has 0 aliphatic heterocycles. The van der Waals surface area contributed by atoms with Crippen LogP contribution in [0.1, 0.15) is 166 Å². The summed E-state index contributed by atoms with van der Waals surface area (Å²) in [7, 11) is 0. The molecule has 2 aromatic rings. The van der Waals surface area contributed by atoms with Crippen molar-refractivity contribution in [1.29, 1.82) is 0 Å². The van der Waals surface area contributed by atoms with Crippen LogP contribution in [-0.2, 0) is 0 Å². The maximum atomic E-state index is 3.79. The van der Waals surface area contributed by atoms with Gasteiger partial charge in [0, 0.05) is 14.9 Å². The monoisotopic (exact) mass is 670 g/mol. The van der Waals surface area contributed by atoms with Crippen LogP contribution in [0.5, 0.6) is 0 Å². The van der Waals surface area contributed by atoms with Crippen molar-refractivity contribution in [2.45, 2.75) is 155 Å². The number of fused-ring (bicyclic) bond motifs is 3. The Kier molecular flexibility index (Phi) is 16.9. The number of benzene rings is 2. The summed E-state index contributed by atoms with van der Waals surface area (Å²) in [6, 6.07) is 13.8. The number of allylic oxidation sites excluding steroid dienone is 2. The van der Waals surface area contributed by atoms with Crippen LogP contribution in [0.15, 0.2) is 57.0 Å². The molecule has 0 heterocycles. The van der Waals surface area contributed by atoms with Crippen molar-refractivity contribution in [3.05, 3.63) is 68.1 Å². The largest absolute Gasteiger partial charge is 0.0844 e. The molecule has 0 unspecified atom stereocenters. The lowest BCUT2D eigenvalue weighted by Crippen LogP contribution is -2.02. The van der Waals surface area contributed by atoms with E-state index in [2.05, 4.69) is 88.2 Å². The molecule has 0 radical (unpaired) electrons. The second-order valence-corrected chi connectivity index (χ2v) is 14.1. The van der Waals surface area contributed by atoms with Crippen LogP contribution < -0.4 is 0 Å². The van der Waals surface area contributed by atoms with Gasteiger partial charge in [0.05, 0.1) is 0 Å². The van der Waals surface area contributed by atoms with Crippen molar-refractivity contribution in [3.63, 3.8) is 0 Å².